The number of aromatic nitrogens is 2. The van der Waals surface area contributed by atoms with Gasteiger partial charge in [0.15, 0.2) is 6.21 Å². The zero-order chi connectivity index (χ0) is 15.4. The molecule has 0 aliphatic carbocycles. The van der Waals surface area contributed by atoms with Crippen molar-refractivity contribution in [1.29, 1.82) is 0 Å². The van der Waals surface area contributed by atoms with Crippen LogP contribution in [0.25, 0.3) is 5.69 Å². The summed E-state index contributed by atoms with van der Waals surface area (Å²) in [4.78, 5) is 0. The summed E-state index contributed by atoms with van der Waals surface area (Å²) in [6.07, 6.45) is 5.12. The van der Waals surface area contributed by atoms with Gasteiger partial charge in [-0.3, -0.25) is 0 Å². The molecule has 1 heterocycles. The van der Waals surface area contributed by atoms with Gasteiger partial charge in [0.2, 0.25) is 0 Å². The molecular formula is C17H15BrFN3O. The van der Waals surface area contributed by atoms with Crippen molar-refractivity contribution in [2.75, 3.05) is 0 Å². The van der Waals surface area contributed by atoms with Crippen molar-refractivity contribution in [3.63, 3.8) is 0 Å². The van der Waals surface area contributed by atoms with E-state index in [0.717, 1.165) is 11.3 Å². The van der Waals surface area contributed by atoms with E-state index in [2.05, 4.69) is 5.16 Å². The van der Waals surface area contributed by atoms with E-state index < -0.39 is 0 Å². The topological polar surface area (TPSA) is 41.4 Å². The molecule has 0 atom stereocenters. The van der Waals surface area contributed by atoms with Gasteiger partial charge in [0.05, 0.1) is 0 Å². The van der Waals surface area contributed by atoms with Crippen LogP contribution in [-0.4, -0.2) is 16.0 Å². The molecule has 3 rings (SSSR count). The van der Waals surface area contributed by atoms with Crippen molar-refractivity contribution < 1.29 is 31.1 Å². The molecule has 1 aromatic heterocycles. The second-order valence-corrected chi connectivity index (χ2v) is 4.86. The van der Waals surface area contributed by atoms with Gasteiger partial charge in [0.25, 0.3) is 0 Å². The largest absolute Gasteiger partial charge is 1.00 e. The van der Waals surface area contributed by atoms with Gasteiger partial charge < -0.3 is 22.2 Å². The van der Waals surface area contributed by atoms with Crippen molar-refractivity contribution in [1.82, 2.24) is 4.57 Å². The second kappa shape index (κ2) is 7.69. The van der Waals surface area contributed by atoms with Crippen molar-refractivity contribution >= 4 is 6.21 Å². The molecular weight excluding hydrogens is 361 g/mol. The van der Waals surface area contributed by atoms with Crippen molar-refractivity contribution in [3.8, 4) is 5.69 Å². The molecule has 4 nitrogen and oxygen atoms in total. The lowest BCUT2D eigenvalue weighted by Crippen LogP contribution is -3.00. The standard InChI is InChI=1S/C17H14FN3O.BrH/c18-15-6-8-16(9-7-15)21-11-10-20(17(21)12-19-22)13-14-4-2-1-3-5-14;/h1-12H,13H2;1H. The van der Waals surface area contributed by atoms with Crippen LogP contribution in [0.3, 0.4) is 0 Å². The summed E-state index contributed by atoms with van der Waals surface area (Å²) >= 11 is 0. The number of benzene rings is 2. The molecule has 0 spiro atoms. The molecule has 0 radical (unpaired) electrons. The van der Waals surface area contributed by atoms with Crippen LogP contribution < -0.4 is 21.5 Å². The van der Waals surface area contributed by atoms with Crippen molar-refractivity contribution in [2.24, 2.45) is 5.16 Å². The van der Waals surface area contributed by atoms with Crippen LogP contribution >= 0.6 is 0 Å². The summed E-state index contributed by atoms with van der Waals surface area (Å²) in [7, 11) is 0. The summed E-state index contributed by atoms with van der Waals surface area (Å²) < 4.78 is 16.9. The highest BCUT2D eigenvalue weighted by Gasteiger charge is 2.17. The highest BCUT2D eigenvalue weighted by atomic mass is 79.9. The van der Waals surface area contributed by atoms with Gasteiger partial charge in [0, 0.05) is 0 Å². The zero-order valence-electron chi connectivity index (χ0n) is 12.2. The van der Waals surface area contributed by atoms with E-state index in [1.165, 1.54) is 18.3 Å². The molecule has 0 unspecified atom stereocenters. The van der Waals surface area contributed by atoms with Crippen LogP contribution in [0.15, 0.2) is 72.1 Å². The monoisotopic (exact) mass is 375 g/mol. The van der Waals surface area contributed by atoms with Gasteiger partial charge in [0.1, 0.15) is 30.4 Å². The second-order valence-electron chi connectivity index (χ2n) is 4.86. The van der Waals surface area contributed by atoms with Crippen molar-refractivity contribution in [3.05, 3.63) is 84.2 Å². The zero-order valence-corrected chi connectivity index (χ0v) is 13.8. The molecule has 23 heavy (non-hydrogen) atoms. The summed E-state index contributed by atoms with van der Waals surface area (Å²) in [5, 5.41) is 12.1. The Kier molecular flexibility index (Phi) is 5.65. The molecule has 1 N–H and O–H groups in total. The Hall–Kier alpha value is -2.47. The molecule has 2 aromatic carbocycles. The lowest BCUT2D eigenvalue weighted by molar-refractivity contribution is -0.688. The molecule has 0 fully saturated rings. The molecule has 0 amide bonds. The van der Waals surface area contributed by atoms with E-state index in [0.29, 0.717) is 12.4 Å². The summed E-state index contributed by atoms with van der Waals surface area (Å²) in [6, 6.07) is 16.1. The number of hydrogen-bond acceptors (Lipinski definition) is 2. The van der Waals surface area contributed by atoms with Crippen LogP contribution in [0.4, 0.5) is 4.39 Å². The van der Waals surface area contributed by atoms with E-state index in [1.54, 1.807) is 12.1 Å². The molecule has 0 aliphatic heterocycles. The van der Waals surface area contributed by atoms with Crippen LogP contribution in [0.5, 0.6) is 0 Å². The van der Waals surface area contributed by atoms with Gasteiger partial charge in [-0.15, -0.1) is 0 Å². The lowest BCUT2D eigenvalue weighted by Gasteiger charge is -2.01. The minimum atomic E-state index is -0.287. The molecule has 118 valence electrons. The Morgan fingerprint density at radius 2 is 1.78 bits per heavy atom. The van der Waals surface area contributed by atoms with E-state index in [9.17, 15) is 4.39 Å². The predicted octanol–water partition coefficient (Wildman–Crippen LogP) is -0.236. The maximum absolute atomic E-state index is 13.1. The highest BCUT2D eigenvalue weighted by Crippen LogP contribution is 2.10. The molecule has 3 aromatic rings. The summed E-state index contributed by atoms with van der Waals surface area (Å²) in [5.74, 6) is 0.406. The fourth-order valence-electron chi connectivity index (χ4n) is 2.36. The van der Waals surface area contributed by atoms with Gasteiger partial charge in [-0.05, 0) is 29.8 Å². The fraction of sp³-hybridized carbons (Fsp3) is 0.0588. The first kappa shape index (κ1) is 16.9. The Balaban J connectivity index is 0.00000192. The number of oxime groups is 1. The fourth-order valence-corrected chi connectivity index (χ4v) is 2.36. The third kappa shape index (κ3) is 3.84. The third-order valence-electron chi connectivity index (χ3n) is 3.41. The van der Waals surface area contributed by atoms with Crippen LogP contribution in [0, 0.1) is 5.82 Å². The SMILES string of the molecule is O/N=C/c1n(-c2ccc(F)cc2)cc[n+]1Cc1ccccc1.[Br-]. The van der Waals surface area contributed by atoms with Gasteiger partial charge in [-0.1, -0.05) is 35.5 Å². The summed E-state index contributed by atoms with van der Waals surface area (Å²) in [5.41, 5.74) is 1.93. The first-order valence-corrected chi connectivity index (χ1v) is 6.86. The Labute approximate surface area is 143 Å². The Morgan fingerprint density at radius 3 is 2.43 bits per heavy atom. The minimum Gasteiger partial charge on any atom is -1.00 e. The average Bonchev–Trinajstić information content (AvgIpc) is 2.92. The smallest absolute Gasteiger partial charge is 0.309 e. The lowest BCUT2D eigenvalue weighted by atomic mass is 10.2. The highest BCUT2D eigenvalue weighted by molar-refractivity contribution is 5.73. The Morgan fingerprint density at radius 1 is 1.09 bits per heavy atom. The van der Waals surface area contributed by atoms with Gasteiger partial charge in [-0.25, -0.2) is 8.96 Å². The van der Waals surface area contributed by atoms with E-state index >= 15 is 0 Å². The van der Waals surface area contributed by atoms with Crippen LogP contribution in [0.1, 0.15) is 11.4 Å². The Bertz CT molecular complexity index is 785. The number of rotatable bonds is 4. The predicted molar refractivity (Wildman–Crippen MR) is 80.8 cm³/mol. The van der Waals surface area contributed by atoms with Crippen molar-refractivity contribution in [2.45, 2.75) is 6.54 Å². The molecule has 6 heteroatoms. The maximum Gasteiger partial charge on any atom is 0.309 e. The normalized spacial score (nSPS) is 10.7. The molecule has 0 saturated heterocycles. The minimum absolute atomic E-state index is 0. The van der Waals surface area contributed by atoms with Crippen LogP contribution in [-0.2, 0) is 6.54 Å². The number of nitrogens with zero attached hydrogens (tertiary/aromatic N) is 3. The number of halogens is 2. The number of imidazole rings is 1. The first-order valence-electron chi connectivity index (χ1n) is 6.86. The van der Waals surface area contributed by atoms with Gasteiger partial charge in [-0.2, -0.15) is 4.57 Å². The average molecular weight is 376 g/mol. The van der Waals surface area contributed by atoms with Gasteiger partial charge >= 0.3 is 5.82 Å². The maximum atomic E-state index is 13.1. The quantitative estimate of drug-likeness (QED) is 0.291. The van der Waals surface area contributed by atoms with E-state index in [4.69, 9.17) is 5.21 Å². The molecule has 0 aliphatic rings. The molecule has 0 bridgehead atoms. The van der Waals surface area contributed by atoms with Crippen LogP contribution in [0.2, 0.25) is 0 Å². The van der Waals surface area contributed by atoms with E-state index in [-0.39, 0.29) is 22.8 Å². The summed E-state index contributed by atoms with van der Waals surface area (Å²) in [6.45, 7) is 0.649. The molecule has 0 saturated carbocycles. The first-order chi connectivity index (χ1) is 10.8. The van der Waals surface area contributed by atoms with E-state index in [1.807, 2.05) is 51.9 Å². The third-order valence-corrected chi connectivity index (χ3v) is 3.41. The number of hydrogen-bond donors (Lipinski definition) is 1.